The lowest BCUT2D eigenvalue weighted by atomic mass is 9.84. The summed E-state index contributed by atoms with van der Waals surface area (Å²) in [6.45, 7) is 3.78. The van der Waals surface area contributed by atoms with Crippen molar-refractivity contribution in [2.45, 2.75) is 58.2 Å². The number of carbonyl (C=O) groups excluding carboxylic acids is 1. The maximum atomic E-state index is 12.3. The van der Waals surface area contributed by atoms with Crippen molar-refractivity contribution >= 4 is 11.6 Å². The highest BCUT2D eigenvalue weighted by atomic mass is 16.3. The number of rotatable bonds is 3. The van der Waals surface area contributed by atoms with Gasteiger partial charge in [0.1, 0.15) is 5.60 Å². The quantitative estimate of drug-likeness (QED) is 0.794. The Hall–Kier alpha value is -1.39. The van der Waals surface area contributed by atoms with Crippen LogP contribution in [0.2, 0.25) is 0 Å². The SMILES string of the molecule is Cc1cc(C)c(NC(=O)C2(O)CCCCC2)cc1CO. The van der Waals surface area contributed by atoms with E-state index in [2.05, 4.69) is 5.32 Å². The van der Waals surface area contributed by atoms with Crippen LogP contribution in [0.25, 0.3) is 0 Å². The first kappa shape index (κ1) is 15.0. The van der Waals surface area contributed by atoms with Crippen molar-refractivity contribution in [3.05, 3.63) is 28.8 Å². The van der Waals surface area contributed by atoms with Gasteiger partial charge in [-0.2, -0.15) is 0 Å². The number of hydrogen-bond acceptors (Lipinski definition) is 3. The zero-order valence-electron chi connectivity index (χ0n) is 12.2. The second-order valence-electron chi connectivity index (χ2n) is 5.80. The van der Waals surface area contributed by atoms with Crippen LogP contribution in [0.4, 0.5) is 5.69 Å². The molecule has 3 N–H and O–H groups in total. The smallest absolute Gasteiger partial charge is 0.256 e. The van der Waals surface area contributed by atoms with E-state index in [1.807, 2.05) is 19.9 Å². The van der Waals surface area contributed by atoms with Crippen LogP contribution in [0, 0.1) is 13.8 Å². The molecule has 1 aromatic carbocycles. The molecule has 110 valence electrons. The fourth-order valence-electron chi connectivity index (χ4n) is 2.80. The van der Waals surface area contributed by atoms with Crippen LogP contribution in [0.3, 0.4) is 0 Å². The van der Waals surface area contributed by atoms with Crippen LogP contribution >= 0.6 is 0 Å². The van der Waals surface area contributed by atoms with Crippen molar-refractivity contribution in [1.82, 2.24) is 0 Å². The van der Waals surface area contributed by atoms with Crippen molar-refractivity contribution in [2.24, 2.45) is 0 Å². The highest BCUT2D eigenvalue weighted by Gasteiger charge is 2.37. The third-order valence-electron chi connectivity index (χ3n) is 4.20. The topological polar surface area (TPSA) is 69.6 Å². The molecule has 0 radical (unpaired) electrons. The minimum atomic E-state index is -1.24. The van der Waals surface area contributed by atoms with E-state index in [1.54, 1.807) is 6.07 Å². The van der Waals surface area contributed by atoms with Gasteiger partial charge in [0.25, 0.3) is 5.91 Å². The van der Waals surface area contributed by atoms with Crippen LogP contribution in [-0.4, -0.2) is 21.7 Å². The normalized spacial score (nSPS) is 17.8. The predicted octanol–water partition coefficient (Wildman–Crippen LogP) is 2.43. The zero-order valence-corrected chi connectivity index (χ0v) is 12.2. The Morgan fingerprint density at radius 1 is 1.20 bits per heavy atom. The van der Waals surface area contributed by atoms with Gasteiger partial charge in [-0.25, -0.2) is 0 Å². The first-order chi connectivity index (χ1) is 9.46. The Morgan fingerprint density at radius 2 is 1.85 bits per heavy atom. The zero-order chi connectivity index (χ0) is 14.8. The first-order valence-corrected chi connectivity index (χ1v) is 7.21. The summed E-state index contributed by atoms with van der Waals surface area (Å²) in [7, 11) is 0. The van der Waals surface area contributed by atoms with Gasteiger partial charge in [-0.3, -0.25) is 4.79 Å². The number of benzene rings is 1. The van der Waals surface area contributed by atoms with Crippen molar-refractivity contribution in [2.75, 3.05) is 5.32 Å². The Labute approximate surface area is 119 Å². The second-order valence-corrected chi connectivity index (χ2v) is 5.80. The maximum absolute atomic E-state index is 12.3. The van der Waals surface area contributed by atoms with Crippen LogP contribution in [0.1, 0.15) is 48.8 Å². The van der Waals surface area contributed by atoms with Gasteiger partial charge in [-0.1, -0.05) is 25.3 Å². The molecule has 1 fully saturated rings. The number of nitrogens with one attached hydrogen (secondary N) is 1. The molecule has 20 heavy (non-hydrogen) atoms. The second kappa shape index (κ2) is 5.94. The molecule has 0 spiro atoms. The van der Waals surface area contributed by atoms with Gasteiger partial charge in [-0.15, -0.1) is 0 Å². The molecule has 0 unspecified atom stereocenters. The van der Waals surface area contributed by atoms with Crippen molar-refractivity contribution in [3.8, 4) is 0 Å². The van der Waals surface area contributed by atoms with E-state index < -0.39 is 5.60 Å². The van der Waals surface area contributed by atoms with Gasteiger partial charge < -0.3 is 15.5 Å². The summed E-state index contributed by atoms with van der Waals surface area (Å²) in [4.78, 5) is 12.3. The number of anilines is 1. The summed E-state index contributed by atoms with van der Waals surface area (Å²) in [5.41, 5.74) is 2.16. The summed E-state index contributed by atoms with van der Waals surface area (Å²) < 4.78 is 0. The fraction of sp³-hybridized carbons (Fsp3) is 0.562. The fourth-order valence-corrected chi connectivity index (χ4v) is 2.80. The van der Waals surface area contributed by atoms with Gasteiger partial charge in [-0.05, 0) is 49.4 Å². The predicted molar refractivity (Wildman–Crippen MR) is 78.5 cm³/mol. The Balaban J connectivity index is 2.19. The number of amides is 1. The molecule has 0 aromatic heterocycles. The van der Waals surface area contributed by atoms with E-state index in [-0.39, 0.29) is 12.5 Å². The maximum Gasteiger partial charge on any atom is 0.256 e. The van der Waals surface area contributed by atoms with E-state index in [1.165, 1.54) is 0 Å². The van der Waals surface area contributed by atoms with E-state index >= 15 is 0 Å². The summed E-state index contributed by atoms with van der Waals surface area (Å²) in [6, 6.07) is 3.72. The van der Waals surface area contributed by atoms with Crippen LogP contribution in [0.15, 0.2) is 12.1 Å². The third-order valence-corrected chi connectivity index (χ3v) is 4.20. The molecule has 2 rings (SSSR count). The average Bonchev–Trinajstić information content (AvgIpc) is 2.42. The summed E-state index contributed by atoms with van der Waals surface area (Å²) in [6.07, 6.45) is 3.90. The third kappa shape index (κ3) is 3.02. The summed E-state index contributed by atoms with van der Waals surface area (Å²) in [5, 5.41) is 22.5. The summed E-state index contributed by atoms with van der Waals surface area (Å²) in [5.74, 6) is -0.326. The number of carbonyl (C=O) groups is 1. The van der Waals surface area contributed by atoms with Gasteiger partial charge in [0, 0.05) is 5.69 Å². The molecule has 0 bridgehead atoms. The lowest BCUT2D eigenvalue weighted by Gasteiger charge is -2.30. The number of aliphatic hydroxyl groups excluding tert-OH is 1. The molecule has 0 aliphatic heterocycles. The molecule has 1 saturated carbocycles. The van der Waals surface area contributed by atoms with Gasteiger partial charge in [0.2, 0.25) is 0 Å². The van der Waals surface area contributed by atoms with Gasteiger partial charge >= 0.3 is 0 Å². The molecule has 0 heterocycles. The molecular weight excluding hydrogens is 254 g/mol. The van der Waals surface area contributed by atoms with Crippen LogP contribution in [-0.2, 0) is 11.4 Å². The molecule has 4 nitrogen and oxygen atoms in total. The molecule has 1 amide bonds. The Kier molecular flexibility index (Phi) is 4.45. The molecule has 1 aromatic rings. The standard InChI is InChI=1S/C16H23NO3/c1-11-8-12(2)14(9-13(11)10-18)17-15(19)16(20)6-4-3-5-7-16/h8-9,18,20H,3-7,10H2,1-2H3,(H,17,19). The lowest BCUT2D eigenvalue weighted by Crippen LogP contribution is -2.44. The lowest BCUT2D eigenvalue weighted by molar-refractivity contribution is -0.137. The van der Waals surface area contributed by atoms with Crippen molar-refractivity contribution in [1.29, 1.82) is 0 Å². The van der Waals surface area contributed by atoms with Crippen molar-refractivity contribution < 1.29 is 15.0 Å². The van der Waals surface area contributed by atoms with E-state index in [4.69, 9.17) is 0 Å². The molecule has 0 atom stereocenters. The van der Waals surface area contributed by atoms with E-state index in [0.29, 0.717) is 18.5 Å². The molecular formula is C16H23NO3. The highest BCUT2D eigenvalue weighted by Crippen LogP contribution is 2.30. The number of aliphatic hydroxyl groups is 2. The minimum absolute atomic E-state index is 0.0563. The van der Waals surface area contributed by atoms with E-state index in [0.717, 1.165) is 36.0 Å². The number of aryl methyl sites for hydroxylation is 2. The Bertz CT molecular complexity index is 505. The van der Waals surface area contributed by atoms with Gasteiger partial charge in [0.05, 0.1) is 6.61 Å². The molecule has 1 aliphatic carbocycles. The Morgan fingerprint density at radius 3 is 2.45 bits per heavy atom. The van der Waals surface area contributed by atoms with Crippen LogP contribution < -0.4 is 5.32 Å². The monoisotopic (exact) mass is 277 g/mol. The van der Waals surface area contributed by atoms with Crippen LogP contribution in [0.5, 0.6) is 0 Å². The average molecular weight is 277 g/mol. The first-order valence-electron chi connectivity index (χ1n) is 7.21. The molecule has 4 heteroatoms. The van der Waals surface area contributed by atoms with Crippen molar-refractivity contribution in [3.63, 3.8) is 0 Å². The largest absolute Gasteiger partial charge is 0.392 e. The van der Waals surface area contributed by atoms with E-state index in [9.17, 15) is 15.0 Å². The minimum Gasteiger partial charge on any atom is -0.392 e. The van der Waals surface area contributed by atoms with Gasteiger partial charge in [0.15, 0.2) is 0 Å². The molecule has 0 saturated heterocycles. The highest BCUT2D eigenvalue weighted by molar-refractivity contribution is 5.97. The molecule has 1 aliphatic rings. The number of hydrogen-bond donors (Lipinski definition) is 3. The summed E-state index contributed by atoms with van der Waals surface area (Å²) >= 11 is 0.